The molecule has 0 heterocycles. The predicted octanol–water partition coefficient (Wildman–Crippen LogP) is 1.78. The second kappa shape index (κ2) is 6.74. The molecule has 96 valence electrons. The van der Waals surface area contributed by atoms with Crippen molar-refractivity contribution in [1.29, 1.82) is 0 Å². The molecule has 0 radical (unpaired) electrons. The van der Waals surface area contributed by atoms with Gasteiger partial charge in [-0.15, -0.1) is 0 Å². The molecule has 1 rings (SSSR count). The molecular weight excluding hydrogens is 240 g/mol. The van der Waals surface area contributed by atoms with Crippen LogP contribution in [-0.2, 0) is 19.3 Å². The van der Waals surface area contributed by atoms with Crippen LogP contribution in [0.25, 0.3) is 0 Å². The Morgan fingerprint density at radius 2 is 1.65 bits per heavy atom. The summed E-state index contributed by atoms with van der Waals surface area (Å²) in [7, 11) is -3.34. The molecule has 0 bridgehead atoms. The Kier molecular flexibility index (Phi) is 5.61. The van der Waals surface area contributed by atoms with E-state index in [0.717, 1.165) is 5.56 Å². The smallest absolute Gasteiger partial charge is 0.202 e. The summed E-state index contributed by atoms with van der Waals surface area (Å²) in [5.41, 5.74) is 1.03. The summed E-state index contributed by atoms with van der Waals surface area (Å²) in [4.78, 5) is 0.291. The highest BCUT2D eigenvalue weighted by molar-refractivity contribution is 7.91. The van der Waals surface area contributed by atoms with Crippen LogP contribution in [-0.4, -0.2) is 34.2 Å². The Morgan fingerprint density at radius 1 is 1.06 bits per heavy atom. The first-order chi connectivity index (χ1) is 8.06. The summed E-state index contributed by atoms with van der Waals surface area (Å²) in [6.45, 7) is 5.10. The molecule has 0 aromatic heterocycles. The van der Waals surface area contributed by atoms with Crippen molar-refractivity contribution in [3.05, 3.63) is 29.8 Å². The first-order valence-electron chi connectivity index (χ1n) is 5.51. The largest absolute Gasteiger partial charge is 0.379 e. The van der Waals surface area contributed by atoms with E-state index < -0.39 is 9.84 Å². The third kappa shape index (κ3) is 4.85. The third-order valence-corrected chi connectivity index (χ3v) is 3.66. The lowest BCUT2D eigenvalue weighted by atomic mass is 10.2. The molecule has 0 fully saturated rings. The second-order valence-corrected chi connectivity index (χ2v) is 5.59. The van der Waals surface area contributed by atoms with Gasteiger partial charge < -0.3 is 9.47 Å². The van der Waals surface area contributed by atoms with Crippen molar-refractivity contribution >= 4 is 9.84 Å². The van der Waals surface area contributed by atoms with E-state index in [-0.39, 0.29) is 5.94 Å². The molecule has 5 heteroatoms. The Morgan fingerprint density at radius 3 is 2.24 bits per heavy atom. The Labute approximate surface area is 102 Å². The molecule has 0 amide bonds. The minimum Gasteiger partial charge on any atom is -0.379 e. The third-order valence-electron chi connectivity index (χ3n) is 2.19. The highest BCUT2D eigenvalue weighted by Crippen LogP contribution is 2.12. The highest BCUT2D eigenvalue weighted by Gasteiger charge is 2.13. The van der Waals surface area contributed by atoms with E-state index in [1.54, 1.807) is 24.3 Å². The molecule has 0 saturated heterocycles. The van der Waals surface area contributed by atoms with Gasteiger partial charge in [-0.2, -0.15) is 0 Å². The van der Waals surface area contributed by atoms with Crippen molar-refractivity contribution in [2.24, 2.45) is 0 Å². The first-order valence-corrected chi connectivity index (χ1v) is 7.16. The lowest BCUT2D eigenvalue weighted by Gasteiger charge is -2.06. The van der Waals surface area contributed by atoms with Crippen LogP contribution in [0.5, 0.6) is 0 Å². The van der Waals surface area contributed by atoms with Gasteiger partial charge in [0.25, 0.3) is 0 Å². The Balaban J connectivity index is 2.48. The van der Waals surface area contributed by atoms with Gasteiger partial charge in [-0.25, -0.2) is 8.42 Å². The quantitative estimate of drug-likeness (QED) is 0.700. The van der Waals surface area contributed by atoms with Gasteiger partial charge in [-0.05, 0) is 26.0 Å². The summed E-state index contributed by atoms with van der Waals surface area (Å²) in [6, 6.07) is 6.73. The zero-order valence-corrected chi connectivity index (χ0v) is 11.0. The van der Waals surface area contributed by atoms with Crippen LogP contribution in [0.1, 0.15) is 12.5 Å². The maximum Gasteiger partial charge on any atom is 0.202 e. The molecule has 0 aliphatic heterocycles. The molecule has 0 N–H and O–H groups in total. The standard InChI is InChI=1S/C12H18O4S/c1-3-15-8-9-16-10-17(13,14)12-6-4-11(2)5-7-12/h4-7H,3,8-10H2,1-2H3. The van der Waals surface area contributed by atoms with Crippen molar-refractivity contribution in [3.8, 4) is 0 Å². The van der Waals surface area contributed by atoms with Crippen LogP contribution in [0, 0.1) is 6.92 Å². The maximum absolute atomic E-state index is 11.8. The predicted molar refractivity (Wildman–Crippen MR) is 65.7 cm³/mol. The minimum atomic E-state index is -3.34. The summed E-state index contributed by atoms with van der Waals surface area (Å²) in [5, 5.41) is 0. The minimum absolute atomic E-state index is 0.291. The first kappa shape index (κ1) is 14.2. The van der Waals surface area contributed by atoms with E-state index in [4.69, 9.17) is 9.47 Å². The van der Waals surface area contributed by atoms with Crippen molar-refractivity contribution < 1.29 is 17.9 Å². The van der Waals surface area contributed by atoms with Gasteiger partial charge in [-0.1, -0.05) is 17.7 Å². The molecule has 1 aromatic rings. The van der Waals surface area contributed by atoms with Crippen LogP contribution in [0.2, 0.25) is 0 Å². The average Bonchev–Trinajstić information content (AvgIpc) is 2.29. The van der Waals surface area contributed by atoms with Gasteiger partial charge in [0.2, 0.25) is 9.84 Å². The van der Waals surface area contributed by atoms with Crippen molar-refractivity contribution in [1.82, 2.24) is 0 Å². The number of rotatable bonds is 7. The number of sulfone groups is 1. The Hall–Kier alpha value is -0.910. The molecule has 17 heavy (non-hydrogen) atoms. The number of ether oxygens (including phenoxy) is 2. The van der Waals surface area contributed by atoms with Crippen LogP contribution >= 0.6 is 0 Å². The normalized spacial score (nSPS) is 11.6. The van der Waals surface area contributed by atoms with Crippen LogP contribution in [0.4, 0.5) is 0 Å². The summed E-state index contributed by atoms with van der Waals surface area (Å²) < 4.78 is 33.7. The molecule has 0 atom stereocenters. The topological polar surface area (TPSA) is 52.6 Å². The van der Waals surface area contributed by atoms with Crippen molar-refractivity contribution in [3.63, 3.8) is 0 Å². The van der Waals surface area contributed by atoms with Crippen LogP contribution < -0.4 is 0 Å². The van der Waals surface area contributed by atoms with Gasteiger partial charge in [-0.3, -0.25) is 0 Å². The monoisotopic (exact) mass is 258 g/mol. The molecule has 1 aromatic carbocycles. The fourth-order valence-corrected chi connectivity index (χ4v) is 2.27. The zero-order chi connectivity index (χ0) is 12.7. The fraction of sp³-hybridized carbons (Fsp3) is 0.500. The molecule has 0 aliphatic carbocycles. The van der Waals surface area contributed by atoms with E-state index in [9.17, 15) is 8.42 Å². The number of aryl methyl sites for hydroxylation is 1. The number of hydrogen-bond acceptors (Lipinski definition) is 4. The summed E-state index contributed by atoms with van der Waals surface area (Å²) in [5.74, 6) is -0.302. The fourth-order valence-electron chi connectivity index (χ4n) is 1.24. The van der Waals surface area contributed by atoms with E-state index in [0.29, 0.717) is 24.7 Å². The Bertz CT molecular complexity index is 422. The molecule has 0 aliphatic rings. The SMILES string of the molecule is CCOCCOCS(=O)(=O)c1ccc(C)cc1. The highest BCUT2D eigenvalue weighted by atomic mass is 32.2. The van der Waals surface area contributed by atoms with Gasteiger partial charge in [0.05, 0.1) is 18.1 Å². The zero-order valence-electron chi connectivity index (χ0n) is 10.2. The van der Waals surface area contributed by atoms with E-state index in [1.807, 2.05) is 13.8 Å². The van der Waals surface area contributed by atoms with Gasteiger partial charge in [0.1, 0.15) is 0 Å². The maximum atomic E-state index is 11.8. The molecule has 0 saturated carbocycles. The average molecular weight is 258 g/mol. The van der Waals surface area contributed by atoms with Gasteiger partial charge in [0, 0.05) is 6.61 Å². The van der Waals surface area contributed by atoms with Crippen LogP contribution in [0.15, 0.2) is 29.2 Å². The van der Waals surface area contributed by atoms with Gasteiger partial charge in [0.15, 0.2) is 5.94 Å². The second-order valence-electron chi connectivity index (χ2n) is 3.65. The lowest BCUT2D eigenvalue weighted by molar-refractivity contribution is 0.0703. The lowest BCUT2D eigenvalue weighted by Crippen LogP contribution is -2.13. The van der Waals surface area contributed by atoms with Crippen molar-refractivity contribution in [2.45, 2.75) is 18.7 Å². The summed E-state index contributed by atoms with van der Waals surface area (Å²) >= 11 is 0. The van der Waals surface area contributed by atoms with E-state index >= 15 is 0 Å². The molecular formula is C12H18O4S. The molecule has 0 spiro atoms. The number of benzene rings is 1. The van der Waals surface area contributed by atoms with Crippen LogP contribution in [0.3, 0.4) is 0 Å². The molecule has 0 unspecified atom stereocenters. The summed E-state index contributed by atoms with van der Waals surface area (Å²) in [6.07, 6.45) is 0. The van der Waals surface area contributed by atoms with Gasteiger partial charge >= 0.3 is 0 Å². The molecule has 4 nitrogen and oxygen atoms in total. The van der Waals surface area contributed by atoms with E-state index in [2.05, 4.69) is 0 Å². The van der Waals surface area contributed by atoms with E-state index in [1.165, 1.54) is 0 Å². The number of hydrogen-bond donors (Lipinski definition) is 0. The van der Waals surface area contributed by atoms with Crippen molar-refractivity contribution in [2.75, 3.05) is 25.8 Å².